The monoisotopic (exact) mass is 306 g/mol. The first-order valence-corrected chi connectivity index (χ1v) is 7.32. The summed E-state index contributed by atoms with van der Waals surface area (Å²) in [5, 5.41) is 11.1. The normalized spacial score (nSPS) is 12.0. The van der Waals surface area contributed by atoms with Gasteiger partial charge < -0.3 is 10.6 Å². The van der Waals surface area contributed by atoms with E-state index in [1.807, 2.05) is 12.3 Å². The van der Waals surface area contributed by atoms with Gasteiger partial charge in [0, 0.05) is 12.2 Å². The van der Waals surface area contributed by atoms with Crippen LogP contribution in [0.5, 0.6) is 0 Å². The number of hydrogen-bond donors (Lipinski definition) is 2. The molecule has 1 atom stereocenters. The van der Waals surface area contributed by atoms with Gasteiger partial charge in [0.2, 0.25) is 0 Å². The highest BCUT2D eigenvalue weighted by atomic mass is 32.1. The minimum Gasteiger partial charge on any atom is -0.360 e. The highest BCUT2D eigenvalue weighted by Gasteiger charge is 2.04. The number of benzene rings is 1. The van der Waals surface area contributed by atoms with Crippen molar-refractivity contribution in [2.75, 3.05) is 5.32 Å². The Bertz CT molecular complexity index is 611. The molecule has 0 fully saturated rings. The molecule has 0 saturated carbocycles. The van der Waals surface area contributed by atoms with Crippen LogP contribution in [0.15, 0.2) is 36.7 Å². The summed E-state index contributed by atoms with van der Waals surface area (Å²) in [7, 11) is 0. The molecule has 1 aromatic heterocycles. The highest BCUT2D eigenvalue weighted by molar-refractivity contribution is 7.80. The van der Waals surface area contributed by atoms with Crippen molar-refractivity contribution >= 4 is 23.0 Å². The summed E-state index contributed by atoms with van der Waals surface area (Å²) in [5.74, 6) is -0.239. The summed E-state index contributed by atoms with van der Waals surface area (Å²) < 4.78 is 14.9. The maximum absolute atomic E-state index is 13.1. The molecule has 0 bridgehead atoms. The van der Waals surface area contributed by atoms with Crippen LogP contribution < -0.4 is 10.6 Å². The van der Waals surface area contributed by atoms with E-state index in [2.05, 4.69) is 29.6 Å². The summed E-state index contributed by atoms with van der Waals surface area (Å²) in [6.07, 6.45) is 4.54. The number of halogens is 1. The van der Waals surface area contributed by atoms with Gasteiger partial charge in [-0.25, -0.2) is 4.39 Å². The van der Waals surface area contributed by atoms with Crippen LogP contribution in [-0.2, 0) is 6.54 Å². The minimum atomic E-state index is -0.239. The van der Waals surface area contributed by atoms with E-state index in [0.717, 1.165) is 17.7 Å². The van der Waals surface area contributed by atoms with Crippen molar-refractivity contribution < 1.29 is 4.39 Å². The van der Waals surface area contributed by atoms with Gasteiger partial charge in [-0.2, -0.15) is 5.10 Å². The van der Waals surface area contributed by atoms with Crippen LogP contribution in [0.2, 0.25) is 0 Å². The average molecular weight is 306 g/mol. The van der Waals surface area contributed by atoms with Crippen molar-refractivity contribution in [2.45, 2.75) is 32.9 Å². The van der Waals surface area contributed by atoms with Crippen LogP contribution in [0, 0.1) is 5.82 Å². The molecule has 0 amide bonds. The first kappa shape index (κ1) is 15.4. The van der Waals surface area contributed by atoms with Gasteiger partial charge in [-0.1, -0.05) is 19.1 Å². The Labute approximate surface area is 129 Å². The van der Waals surface area contributed by atoms with Gasteiger partial charge in [0.15, 0.2) is 5.11 Å². The molecule has 2 N–H and O–H groups in total. The van der Waals surface area contributed by atoms with Gasteiger partial charge in [0.25, 0.3) is 0 Å². The third-order valence-electron chi connectivity index (χ3n) is 3.11. The van der Waals surface area contributed by atoms with Gasteiger partial charge >= 0.3 is 0 Å². The van der Waals surface area contributed by atoms with Crippen LogP contribution in [0.3, 0.4) is 0 Å². The van der Waals surface area contributed by atoms with Crippen LogP contribution in [0.1, 0.15) is 25.8 Å². The quantitative estimate of drug-likeness (QED) is 0.833. The van der Waals surface area contributed by atoms with Crippen molar-refractivity contribution in [3.8, 4) is 0 Å². The van der Waals surface area contributed by atoms with E-state index in [9.17, 15) is 4.39 Å². The fourth-order valence-corrected chi connectivity index (χ4v) is 2.15. The third-order valence-corrected chi connectivity index (χ3v) is 3.33. The molecule has 0 spiro atoms. The van der Waals surface area contributed by atoms with Crippen LogP contribution in [0.4, 0.5) is 10.1 Å². The van der Waals surface area contributed by atoms with Gasteiger partial charge in [-0.15, -0.1) is 0 Å². The van der Waals surface area contributed by atoms with Crippen molar-refractivity contribution in [3.05, 3.63) is 48.0 Å². The second-order valence-electron chi connectivity index (χ2n) is 4.96. The number of aromatic nitrogens is 2. The maximum Gasteiger partial charge on any atom is 0.171 e. The summed E-state index contributed by atoms with van der Waals surface area (Å²) >= 11 is 5.23. The largest absolute Gasteiger partial charge is 0.360 e. The first-order chi connectivity index (χ1) is 10.1. The zero-order valence-electron chi connectivity index (χ0n) is 12.1. The van der Waals surface area contributed by atoms with Crippen molar-refractivity contribution in [3.63, 3.8) is 0 Å². The van der Waals surface area contributed by atoms with Gasteiger partial charge in [-0.05, 0) is 43.3 Å². The van der Waals surface area contributed by atoms with E-state index in [1.54, 1.807) is 16.9 Å². The third kappa shape index (κ3) is 4.82. The molecule has 2 aromatic rings. The first-order valence-electron chi connectivity index (χ1n) is 6.91. The Balaban J connectivity index is 1.94. The fraction of sp³-hybridized carbons (Fsp3) is 0.333. The summed E-state index contributed by atoms with van der Waals surface area (Å²) in [6, 6.07) is 6.82. The Morgan fingerprint density at radius 1 is 1.48 bits per heavy atom. The molecule has 1 heterocycles. The minimum absolute atomic E-state index is 0.239. The summed E-state index contributed by atoms with van der Waals surface area (Å²) in [4.78, 5) is 0. The maximum atomic E-state index is 13.1. The van der Waals surface area contributed by atoms with Crippen molar-refractivity contribution in [1.29, 1.82) is 0 Å². The number of hydrogen-bond acceptors (Lipinski definition) is 2. The molecule has 0 aliphatic rings. The number of thiocarbonyl (C=S) groups is 1. The number of nitrogens with one attached hydrogen (secondary N) is 2. The molecule has 0 unspecified atom stereocenters. The zero-order valence-corrected chi connectivity index (χ0v) is 13.0. The van der Waals surface area contributed by atoms with E-state index < -0.39 is 0 Å². The topological polar surface area (TPSA) is 41.9 Å². The van der Waals surface area contributed by atoms with Crippen molar-refractivity contribution in [2.24, 2.45) is 0 Å². The van der Waals surface area contributed by atoms with Crippen LogP contribution >= 0.6 is 12.2 Å². The van der Waals surface area contributed by atoms with Gasteiger partial charge in [-0.3, -0.25) is 4.68 Å². The number of anilines is 1. The van der Waals surface area contributed by atoms with Crippen LogP contribution in [-0.4, -0.2) is 20.9 Å². The lowest BCUT2D eigenvalue weighted by Gasteiger charge is -2.14. The SMILES string of the molecule is CC[C@@H](C)NC(=S)Nc1cnn(Cc2cccc(F)c2)c1. The molecular weight excluding hydrogens is 287 g/mol. The predicted octanol–water partition coefficient (Wildman–Crippen LogP) is 3.16. The van der Waals surface area contributed by atoms with E-state index >= 15 is 0 Å². The summed E-state index contributed by atoms with van der Waals surface area (Å²) in [5.41, 5.74) is 1.68. The average Bonchev–Trinajstić information content (AvgIpc) is 2.85. The lowest BCUT2D eigenvalue weighted by atomic mass is 10.2. The van der Waals surface area contributed by atoms with Gasteiger partial charge in [0.05, 0.1) is 18.4 Å². The van der Waals surface area contributed by atoms with E-state index in [1.165, 1.54) is 12.1 Å². The van der Waals surface area contributed by atoms with E-state index in [-0.39, 0.29) is 5.82 Å². The van der Waals surface area contributed by atoms with E-state index in [0.29, 0.717) is 17.7 Å². The highest BCUT2D eigenvalue weighted by Crippen LogP contribution is 2.09. The molecule has 0 aliphatic carbocycles. The Kier molecular flexibility index (Phi) is 5.27. The molecule has 6 heteroatoms. The Morgan fingerprint density at radius 2 is 2.29 bits per heavy atom. The molecule has 1 aromatic carbocycles. The molecule has 0 aliphatic heterocycles. The van der Waals surface area contributed by atoms with Crippen LogP contribution in [0.25, 0.3) is 0 Å². The molecule has 0 saturated heterocycles. The number of rotatable bonds is 5. The second-order valence-corrected chi connectivity index (χ2v) is 5.37. The van der Waals surface area contributed by atoms with E-state index in [4.69, 9.17) is 12.2 Å². The predicted molar refractivity (Wildman–Crippen MR) is 86.8 cm³/mol. The lowest BCUT2D eigenvalue weighted by molar-refractivity contribution is 0.619. The standard InChI is InChI=1S/C15H19FN4S/c1-3-11(2)18-15(21)19-14-8-17-20(10-14)9-12-5-4-6-13(16)7-12/h4-8,10-11H,3,9H2,1-2H3,(H2,18,19,21)/t11-/m1/s1. The number of nitrogens with zero attached hydrogens (tertiary/aromatic N) is 2. The Morgan fingerprint density at radius 3 is 3.00 bits per heavy atom. The second kappa shape index (κ2) is 7.17. The smallest absolute Gasteiger partial charge is 0.171 e. The zero-order chi connectivity index (χ0) is 15.2. The molecule has 112 valence electrons. The molecule has 2 rings (SSSR count). The lowest BCUT2D eigenvalue weighted by Crippen LogP contribution is -2.35. The molecular formula is C15H19FN4S. The molecule has 21 heavy (non-hydrogen) atoms. The fourth-order valence-electron chi connectivity index (χ4n) is 1.83. The molecule has 4 nitrogen and oxygen atoms in total. The summed E-state index contributed by atoms with van der Waals surface area (Å²) in [6.45, 7) is 4.68. The van der Waals surface area contributed by atoms with Crippen molar-refractivity contribution in [1.82, 2.24) is 15.1 Å². The van der Waals surface area contributed by atoms with Gasteiger partial charge in [0.1, 0.15) is 5.82 Å². The Hall–Kier alpha value is -1.95. The molecule has 0 radical (unpaired) electrons.